The summed E-state index contributed by atoms with van der Waals surface area (Å²) in [6.45, 7) is 2.28. The van der Waals surface area contributed by atoms with Crippen molar-refractivity contribution in [2.24, 2.45) is 0 Å². The van der Waals surface area contributed by atoms with E-state index in [1.165, 1.54) is 102 Å². The molecule has 0 aliphatic heterocycles. The molecule has 0 fully saturated rings. The molecule has 0 spiro atoms. The van der Waals surface area contributed by atoms with Gasteiger partial charge in [-0.15, -0.1) is 0 Å². The van der Waals surface area contributed by atoms with Gasteiger partial charge in [0.25, 0.3) is 0 Å². The molecule has 2 heteroatoms. The summed E-state index contributed by atoms with van der Waals surface area (Å²) in [6.07, 6.45) is 23.5. The summed E-state index contributed by atoms with van der Waals surface area (Å²) in [4.78, 5) is 12.1. The molecule has 0 aliphatic rings. The summed E-state index contributed by atoms with van der Waals surface area (Å²) < 4.78 is 5.51. The van der Waals surface area contributed by atoms with Crippen LogP contribution in [0, 0.1) is 0 Å². The van der Waals surface area contributed by atoms with E-state index in [2.05, 4.69) is 13.0 Å². The van der Waals surface area contributed by atoms with Gasteiger partial charge in [-0.3, -0.25) is 4.79 Å². The van der Waals surface area contributed by atoms with Crippen LogP contribution in [-0.4, -0.2) is 5.97 Å². The molecule has 0 atom stereocenters. The molecule has 0 amide bonds. The fraction of sp³-hybridized carbons (Fsp3) is 0.633. The van der Waals surface area contributed by atoms with Gasteiger partial charge < -0.3 is 4.74 Å². The Morgan fingerprint density at radius 2 is 1.06 bits per heavy atom. The van der Waals surface area contributed by atoms with Gasteiger partial charge in [-0.25, -0.2) is 0 Å². The van der Waals surface area contributed by atoms with E-state index in [0.717, 1.165) is 18.2 Å². The Bertz CT molecular complexity index is 736. The van der Waals surface area contributed by atoms with E-state index < -0.39 is 0 Å². The van der Waals surface area contributed by atoms with Crippen molar-refractivity contribution >= 4 is 16.7 Å². The molecule has 178 valence electrons. The molecular formula is C30H46O2. The molecule has 2 aromatic carbocycles. The van der Waals surface area contributed by atoms with Gasteiger partial charge in [0.2, 0.25) is 0 Å². The van der Waals surface area contributed by atoms with Crippen LogP contribution >= 0.6 is 0 Å². The first-order chi connectivity index (χ1) is 15.8. The highest BCUT2D eigenvalue weighted by molar-refractivity contribution is 5.84. The van der Waals surface area contributed by atoms with E-state index in [0.29, 0.717) is 12.2 Å². The van der Waals surface area contributed by atoms with E-state index >= 15 is 0 Å². The maximum atomic E-state index is 12.1. The van der Waals surface area contributed by atoms with Gasteiger partial charge in [-0.1, -0.05) is 140 Å². The van der Waals surface area contributed by atoms with Crippen LogP contribution in [0.15, 0.2) is 42.5 Å². The molecule has 32 heavy (non-hydrogen) atoms. The molecule has 0 saturated carbocycles. The number of unbranched alkanes of at least 4 members (excludes halogenated alkanes) is 16. The van der Waals surface area contributed by atoms with Crippen molar-refractivity contribution in [1.82, 2.24) is 0 Å². The molecule has 0 aliphatic carbocycles. The van der Waals surface area contributed by atoms with Gasteiger partial charge in [-0.2, -0.15) is 0 Å². The Hall–Kier alpha value is -1.83. The second kappa shape index (κ2) is 17.7. The van der Waals surface area contributed by atoms with Gasteiger partial charge in [0, 0.05) is 6.42 Å². The van der Waals surface area contributed by atoms with Crippen molar-refractivity contribution < 1.29 is 9.53 Å². The van der Waals surface area contributed by atoms with Crippen molar-refractivity contribution in [3.05, 3.63) is 42.5 Å². The minimum Gasteiger partial charge on any atom is -0.427 e. The number of benzene rings is 2. The number of carbonyl (C=O) groups excluding carboxylic acids is 1. The van der Waals surface area contributed by atoms with Crippen molar-refractivity contribution in [2.45, 2.75) is 122 Å². The lowest BCUT2D eigenvalue weighted by Gasteiger charge is -2.06. The largest absolute Gasteiger partial charge is 0.427 e. The first-order valence-corrected chi connectivity index (χ1v) is 13.5. The third kappa shape index (κ3) is 12.3. The topological polar surface area (TPSA) is 26.3 Å². The van der Waals surface area contributed by atoms with Crippen molar-refractivity contribution in [3.63, 3.8) is 0 Å². The zero-order chi connectivity index (χ0) is 22.7. The molecule has 2 nitrogen and oxygen atoms in total. The lowest BCUT2D eigenvalue weighted by Crippen LogP contribution is -2.07. The van der Waals surface area contributed by atoms with Crippen LogP contribution in [0.2, 0.25) is 0 Å². The third-order valence-corrected chi connectivity index (χ3v) is 6.44. The summed E-state index contributed by atoms with van der Waals surface area (Å²) in [6, 6.07) is 14.0. The number of fused-ring (bicyclic) bond motifs is 1. The van der Waals surface area contributed by atoms with E-state index in [9.17, 15) is 4.79 Å². The highest BCUT2D eigenvalue weighted by Crippen LogP contribution is 2.21. The van der Waals surface area contributed by atoms with Crippen LogP contribution in [0.4, 0.5) is 0 Å². The summed E-state index contributed by atoms with van der Waals surface area (Å²) in [5.41, 5.74) is 0. The SMILES string of the molecule is CCCCCCCCCCCCCCCCCCCC(=O)Oc1ccc2ccccc2c1. The van der Waals surface area contributed by atoms with Crippen LogP contribution in [0.1, 0.15) is 122 Å². The first-order valence-electron chi connectivity index (χ1n) is 13.5. The van der Waals surface area contributed by atoms with Gasteiger partial charge in [0.05, 0.1) is 0 Å². The predicted octanol–water partition coefficient (Wildman–Crippen LogP) is 9.79. The Morgan fingerprint density at radius 3 is 1.59 bits per heavy atom. The Labute approximate surface area is 197 Å². The van der Waals surface area contributed by atoms with Gasteiger partial charge in [0.15, 0.2) is 0 Å². The number of rotatable bonds is 19. The fourth-order valence-electron chi connectivity index (χ4n) is 4.41. The van der Waals surface area contributed by atoms with Crippen LogP contribution in [-0.2, 0) is 4.79 Å². The summed E-state index contributed by atoms with van der Waals surface area (Å²) in [5.74, 6) is 0.543. The average Bonchev–Trinajstić information content (AvgIpc) is 2.81. The van der Waals surface area contributed by atoms with Crippen molar-refractivity contribution in [3.8, 4) is 5.75 Å². The molecule has 0 bridgehead atoms. The summed E-state index contributed by atoms with van der Waals surface area (Å²) in [7, 11) is 0. The van der Waals surface area contributed by atoms with Crippen LogP contribution in [0.25, 0.3) is 10.8 Å². The van der Waals surface area contributed by atoms with Crippen LogP contribution in [0.5, 0.6) is 5.75 Å². The van der Waals surface area contributed by atoms with E-state index in [-0.39, 0.29) is 5.97 Å². The van der Waals surface area contributed by atoms with Crippen molar-refractivity contribution in [1.29, 1.82) is 0 Å². The number of hydrogen-bond acceptors (Lipinski definition) is 2. The molecule has 2 rings (SSSR count). The minimum absolute atomic E-state index is 0.110. The van der Waals surface area contributed by atoms with Crippen LogP contribution in [0.3, 0.4) is 0 Å². The molecule has 0 heterocycles. The fourth-order valence-corrected chi connectivity index (χ4v) is 4.41. The molecule has 0 aromatic heterocycles. The summed E-state index contributed by atoms with van der Waals surface area (Å²) >= 11 is 0. The zero-order valence-electron chi connectivity index (χ0n) is 20.6. The average molecular weight is 439 g/mol. The highest BCUT2D eigenvalue weighted by atomic mass is 16.5. The highest BCUT2D eigenvalue weighted by Gasteiger charge is 2.05. The zero-order valence-corrected chi connectivity index (χ0v) is 20.6. The molecule has 0 unspecified atom stereocenters. The molecule has 0 N–H and O–H groups in total. The second-order valence-corrected chi connectivity index (χ2v) is 9.39. The van der Waals surface area contributed by atoms with Crippen LogP contribution < -0.4 is 4.74 Å². The quantitative estimate of drug-likeness (QED) is 0.124. The lowest BCUT2D eigenvalue weighted by molar-refractivity contribution is -0.134. The minimum atomic E-state index is -0.110. The van der Waals surface area contributed by atoms with E-state index in [4.69, 9.17) is 4.74 Å². The third-order valence-electron chi connectivity index (χ3n) is 6.44. The Morgan fingerprint density at radius 1 is 0.594 bits per heavy atom. The monoisotopic (exact) mass is 438 g/mol. The Balaban J connectivity index is 1.35. The number of carbonyl (C=O) groups is 1. The normalized spacial score (nSPS) is 11.2. The van der Waals surface area contributed by atoms with E-state index in [1.807, 2.05) is 36.4 Å². The summed E-state index contributed by atoms with van der Waals surface area (Å²) in [5, 5.41) is 2.27. The Kier molecular flexibility index (Phi) is 14.6. The molecule has 2 aromatic rings. The maximum absolute atomic E-state index is 12.1. The van der Waals surface area contributed by atoms with Crippen molar-refractivity contribution in [2.75, 3.05) is 0 Å². The van der Waals surface area contributed by atoms with Gasteiger partial charge in [-0.05, 0) is 29.3 Å². The predicted molar refractivity (Wildman–Crippen MR) is 138 cm³/mol. The number of esters is 1. The lowest BCUT2D eigenvalue weighted by atomic mass is 10.0. The maximum Gasteiger partial charge on any atom is 0.311 e. The van der Waals surface area contributed by atoms with Gasteiger partial charge >= 0.3 is 5.97 Å². The smallest absolute Gasteiger partial charge is 0.311 e. The first kappa shape index (κ1) is 26.4. The molecule has 0 saturated heterocycles. The standard InChI is InChI=1S/C30H46O2/c1-2-3-4-5-6-7-8-9-10-11-12-13-14-15-16-17-18-23-30(31)32-29-25-24-27-21-19-20-22-28(27)26-29/h19-22,24-26H,2-18,23H2,1H3. The molecular weight excluding hydrogens is 392 g/mol. The number of hydrogen-bond donors (Lipinski definition) is 0. The number of ether oxygens (including phenoxy) is 1. The van der Waals surface area contributed by atoms with E-state index in [1.54, 1.807) is 0 Å². The molecule has 0 radical (unpaired) electrons. The van der Waals surface area contributed by atoms with Gasteiger partial charge in [0.1, 0.15) is 5.75 Å². The second-order valence-electron chi connectivity index (χ2n) is 9.39.